The Bertz CT molecular complexity index is 508. The molecule has 1 rings (SSSR count). The summed E-state index contributed by atoms with van der Waals surface area (Å²) in [6, 6.07) is 6.05. The van der Waals surface area contributed by atoms with E-state index in [-0.39, 0.29) is 0 Å². The monoisotopic (exact) mass is 282 g/mol. The van der Waals surface area contributed by atoms with Crippen molar-refractivity contribution in [2.45, 2.75) is 39.5 Å². The Balaban J connectivity index is 2.76. The Morgan fingerprint density at radius 3 is 2.71 bits per heavy atom. The molecule has 0 radical (unpaired) electrons. The minimum Gasteiger partial charge on any atom is -0.296 e. The predicted octanol–water partition coefficient (Wildman–Crippen LogP) is 4.94. The van der Waals surface area contributed by atoms with Gasteiger partial charge in [0.15, 0.2) is 0 Å². The number of aliphatic imine (C=N–C) groups is 1. The normalized spacial score (nSPS) is 13.5. The summed E-state index contributed by atoms with van der Waals surface area (Å²) >= 11 is 0. The van der Waals surface area contributed by atoms with Gasteiger partial charge in [-0.2, -0.15) is 0 Å². The molecule has 0 atom stereocenters. The number of nitrogens with zero attached hydrogens (tertiary/aromatic N) is 2. The molecular formula is C19H26N2. The van der Waals surface area contributed by atoms with E-state index in [1.807, 2.05) is 31.6 Å². The molecule has 21 heavy (non-hydrogen) atoms. The van der Waals surface area contributed by atoms with E-state index in [2.05, 4.69) is 54.2 Å². The Labute approximate surface area is 129 Å². The van der Waals surface area contributed by atoms with Crippen LogP contribution in [0.2, 0.25) is 0 Å². The van der Waals surface area contributed by atoms with Crippen molar-refractivity contribution < 1.29 is 0 Å². The van der Waals surface area contributed by atoms with Crippen LogP contribution in [0, 0.1) is 0 Å². The predicted molar refractivity (Wildman–Crippen MR) is 92.9 cm³/mol. The third-order valence-electron chi connectivity index (χ3n) is 3.03. The zero-order valence-electron chi connectivity index (χ0n) is 13.4. The molecule has 0 unspecified atom stereocenters. The van der Waals surface area contributed by atoms with Gasteiger partial charge in [0.2, 0.25) is 0 Å². The minimum absolute atomic E-state index is 0.879. The van der Waals surface area contributed by atoms with Crippen molar-refractivity contribution in [2.24, 2.45) is 4.99 Å². The SMILES string of the molecule is CC\C=C(/C=C/C=C(\C=NC)CCC)Cc1ccccn1. The van der Waals surface area contributed by atoms with E-state index < -0.39 is 0 Å². The van der Waals surface area contributed by atoms with Crippen molar-refractivity contribution in [3.8, 4) is 0 Å². The molecule has 0 amide bonds. The lowest BCUT2D eigenvalue weighted by Gasteiger charge is -2.02. The molecule has 0 spiro atoms. The van der Waals surface area contributed by atoms with E-state index in [1.54, 1.807) is 0 Å². The first-order chi connectivity index (χ1) is 10.3. The van der Waals surface area contributed by atoms with Crippen molar-refractivity contribution in [3.05, 3.63) is 65.5 Å². The number of allylic oxidation sites excluding steroid dienone is 6. The summed E-state index contributed by atoms with van der Waals surface area (Å²) in [6.45, 7) is 4.35. The third-order valence-corrected chi connectivity index (χ3v) is 3.03. The summed E-state index contributed by atoms with van der Waals surface area (Å²) in [4.78, 5) is 8.50. The second kappa shape index (κ2) is 10.8. The molecule has 0 fully saturated rings. The van der Waals surface area contributed by atoms with Crippen molar-refractivity contribution in [3.63, 3.8) is 0 Å². The maximum atomic E-state index is 4.39. The molecule has 0 saturated carbocycles. The molecule has 0 aliphatic rings. The van der Waals surface area contributed by atoms with E-state index >= 15 is 0 Å². The number of aromatic nitrogens is 1. The van der Waals surface area contributed by atoms with E-state index in [1.165, 1.54) is 11.1 Å². The highest BCUT2D eigenvalue weighted by Gasteiger charge is 1.96. The van der Waals surface area contributed by atoms with Crippen LogP contribution in [0.1, 0.15) is 38.8 Å². The number of hydrogen-bond acceptors (Lipinski definition) is 2. The van der Waals surface area contributed by atoms with Crippen LogP contribution in [0.3, 0.4) is 0 Å². The second-order valence-corrected chi connectivity index (χ2v) is 4.92. The number of pyridine rings is 1. The summed E-state index contributed by atoms with van der Waals surface area (Å²) in [6.07, 6.45) is 16.6. The Morgan fingerprint density at radius 2 is 2.10 bits per heavy atom. The third kappa shape index (κ3) is 7.40. The molecular weight excluding hydrogens is 256 g/mol. The molecule has 0 saturated heterocycles. The van der Waals surface area contributed by atoms with E-state index in [9.17, 15) is 0 Å². The lowest BCUT2D eigenvalue weighted by atomic mass is 10.1. The summed E-state index contributed by atoms with van der Waals surface area (Å²) in [5.41, 5.74) is 3.68. The zero-order chi connectivity index (χ0) is 15.3. The molecule has 0 N–H and O–H groups in total. The molecule has 0 aliphatic carbocycles. The lowest BCUT2D eigenvalue weighted by molar-refractivity contribution is 0.938. The fourth-order valence-corrected chi connectivity index (χ4v) is 2.11. The van der Waals surface area contributed by atoms with Crippen molar-refractivity contribution in [1.29, 1.82) is 0 Å². The van der Waals surface area contributed by atoms with Crippen LogP contribution in [0.4, 0.5) is 0 Å². The minimum atomic E-state index is 0.879. The molecule has 0 aliphatic heterocycles. The standard InChI is InChI=1S/C19H26N2/c1-4-9-17(15-19-13-6-7-14-21-19)11-8-12-18(10-5-2)16-20-3/h6-9,11-14,16H,4-5,10,15H2,1-3H3/b11-8+,17-9+,18-12-,20-16?. The van der Waals surface area contributed by atoms with Gasteiger partial charge >= 0.3 is 0 Å². The Hall–Kier alpha value is -1.96. The molecule has 1 aromatic rings. The van der Waals surface area contributed by atoms with Gasteiger partial charge in [0.25, 0.3) is 0 Å². The largest absolute Gasteiger partial charge is 0.296 e. The Kier molecular flexibility index (Phi) is 8.78. The van der Waals surface area contributed by atoms with Crippen LogP contribution < -0.4 is 0 Å². The summed E-state index contributed by atoms with van der Waals surface area (Å²) in [5.74, 6) is 0. The van der Waals surface area contributed by atoms with Gasteiger partial charge in [-0.05, 0) is 36.1 Å². The van der Waals surface area contributed by atoms with Gasteiger partial charge in [-0.3, -0.25) is 9.98 Å². The van der Waals surface area contributed by atoms with Crippen LogP contribution in [-0.4, -0.2) is 18.2 Å². The van der Waals surface area contributed by atoms with Crippen molar-refractivity contribution >= 4 is 6.21 Å². The molecule has 1 aromatic heterocycles. The van der Waals surface area contributed by atoms with Gasteiger partial charge in [-0.1, -0.05) is 50.6 Å². The highest BCUT2D eigenvalue weighted by atomic mass is 14.7. The molecule has 0 bridgehead atoms. The highest BCUT2D eigenvalue weighted by Crippen LogP contribution is 2.09. The van der Waals surface area contributed by atoms with Gasteiger partial charge < -0.3 is 0 Å². The van der Waals surface area contributed by atoms with Gasteiger partial charge in [-0.15, -0.1) is 0 Å². The van der Waals surface area contributed by atoms with Gasteiger partial charge in [0, 0.05) is 31.6 Å². The fourth-order valence-electron chi connectivity index (χ4n) is 2.11. The van der Waals surface area contributed by atoms with Crippen LogP contribution in [0.5, 0.6) is 0 Å². The topological polar surface area (TPSA) is 25.2 Å². The van der Waals surface area contributed by atoms with Crippen molar-refractivity contribution in [2.75, 3.05) is 7.05 Å². The van der Waals surface area contributed by atoms with Crippen LogP contribution >= 0.6 is 0 Å². The van der Waals surface area contributed by atoms with Crippen LogP contribution in [0.25, 0.3) is 0 Å². The highest BCUT2D eigenvalue weighted by molar-refractivity contribution is 5.78. The summed E-state index contributed by atoms with van der Waals surface area (Å²) in [5, 5.41) is 0. The van der Waals surface area contributed by atoms with Crippen LogP contribution in [-0.2, 0) is 6.42 Å². The first kappa shape index (κ1) is 17.1. The van der Waals surface area contributed by atoms with E-state index in [0.717, 1.165) is 31.4 Å². The van der Waals surface area contributed by atoms with Crippen LogP contribution in [0.15, 0.2) is 64.8 Å². The first-order valence-electron chi connectivity index (χ1n) is 7.68. The fraction of sp³-hybridized carbons (Fsp3) is 0.368. The Morgan fingerprint density at radius 1 is 1.24 bits per heavy atom. The smallest absolute Gasteiger partial charge is 0.0447 e. The van der Waals surface area contributed by atoms with E-state index in [4.69, 9.17) is 0 Å². The molecule has 1 heterocycles. The number of hydrogen-bond donors (Lipinski definition) is 0. The van der Waals surface area contributed by atoms with Gasteiger partial charge in [0.05, 0.1) is 0 Å². The maximum absolute atomic E-state index is 4.39. The maximum Gasteiger partial charge on any atom is 0.0447 e. The second-order valence-electron chi connectivity index (χ2n) is 4.92. The van der Waals surface area contributed by atoms with Crippen molar-refractivity contribution in [1.82, 2.24) is 4.98 Å². The lowest BCUT2D eigenvalue weighted by Crippen LogP contribution is -1.91. The molecule has 0 aromatic carbocycles. The van der Waals surface area contributed by atoms with Gasteiger partial charge in [-0.25, -0.2) is 0 Å². The summed E-state index contributed by atoms with van der Waals surface area (Å²) in [7, 11) is 1.82. The molecule has 2 heteroatoms. The average Bonchev–Trinajstić information content (AvgIpc) is 2.49. The average molecular weight is 282 g/mol. The first-order valence-corrected chi connectivity index (χ1v) is 7.68. The molecule has 112 valence electrons. The van der Waals surface area contributed by atoms with E-state index in [0.29, 0.717) is 0 Å². The quantitative estimate of drug-likeness (QED) is 0.489. The zero-order valence-corrected chi connectivity index (χ0v) is 13.4. The molecule has 2 nitrogen and oxygen atoms in total. The number of rotatable bonds is 8. The van der Waals surface area contributed by atoms with Gasteiger partial charge in [0.1, 0.15) is 0 Å². The summed E-state index contributed by atoms with van der Waals surface area (Å²) < 4.78 is 0.